The van der Waals surface area contributed by atoms with Crippen LogP contribution in [0.1, 0.15) is 55.7 Å². The molecule has 2 aromatic carbocycles. The van der Waals surface area contributed by atoms with E-state index >= 15 is 0 Å². The molecule has 4 rings (SSSR count). The van der Waals surface area contributed by atoms with Crippen molar-refractivity contribution < 1.29 is 0 Å². The van der Waals surface area contributed by atoms with Gasteiger partial charge >= 0.3 is 0 Å². The Morgan fingerprint density at radius 2 is 1.79 bits per heavy atom. The number of nitrogens with zero attached hydrogens (tertiary/aromatic N) is 5. The molecule has 5 nitrogen and oxygen atoms in total. The molecule has 0 amide bonds. The van der Waals surface area contributed by atoms with Gasteiger partial charge in [0.2, 0.25) is 0 Å². The second-order valence-electron chi connectivity index (χ2n) is 8.06. The van der Waals surface area contributed by atoms with Crippen LogP contribution in [0.3, 0.4) is 0 Å². The third-order valence-electron chi connectivity index (χ3n) is 5.89. The molecule has 0 fully saturated rings. The highest BCUT2D eigenvalue weighted by Crippen LogP contribution is 2.34. The van der Waals surface area contributed by atoms with E-state index in [0.29, 0.717) is 0 Å². The molecule has 0 radical (unpaired) electrons. The SMILES string of the molecule is CCC(C)(C)n1nnnc1[C@@H](c1ccc(Cl)cc1)N1CCc2ccccc2C1. The molecule has 6 heteroatoms. The third-order valence-corrected chi connectivity index (χ3v) is 6.14. The Morgan fingerprint density at radius 3 is 2.50 bits per heavy atom. The predicted molar refractivity (Wildman–Crippen MR) is 111 cm³/mol. The number of benzene rings is 2. The highest BCUT2D eigenvalue weighted by Gasteiger charge is 2.33. The van der Waals surface area contributed by atoms with Crippen LogP contribution in [-0.2, 0) is 18.5 Å². The number of halogens is 1. The van der Waals surface area contributed by atoms with Gasteiger partial charge in [0.05, 0.1) is 11.6 Å². The van der Waals surface area contributed by atoms with Crippen molar-refractivity contribution in [2.75, 3.05) is 6.54 Å². The van der Waals surface area contributed by atoms with Gasteiger partial charge in [-0.3, -0.25) is 4.90 Å². The minimum atomic E-state index is -0.156. The lowest BCUT2D eigenvalue weighted by Gasteiger charge is -2.36. The first-order valence-corrected chi connectivity index (χ1v) is 10.2. The number of aromatic nitrogens is 4. The minimum absolute atomic E-state index is 0.0218. The first-order chi connectivity index (χ1) is 13.5. The number of fused-ring (bicyclic) bond motifs is 1. The van der Waals surface area contributed by atoms with E-state index in [1.165, 1.54) is 11.1 Å². The molecule has 28 heavy (non-hydrogen) atoms. The van der Waals surface area contributed by atoms with Gasteiger partial charge in [0.15, 0.2) is 5.82 Å². The molecule has 0 spiro atoms. The average Bonchev–Trinajstić information content (AvgIpc) is 3.20. The van der Waals surface area contributed by atoms with Crippen molar-refractivity contribution in [2.24, 2.45) is 0 Å². The van der Waals surface area contributed by atoms with Gasteiger partial charge in [0, 0.05) is 18.1 Å². The normalized spacial score (nSPS) is 16.0. The van der Waals surface area contributed by atoms with E-state index in [0.717, 1.165) is 42.3 Å². The molecule has 0 unspecified atom stereocenters. The van der Waals surface area contributed by atoms with Crippen LogP contribution in [0.2, 0.25) is 5.02 Å². The molecule has 1 aliphatic heterocycles. The molecule has 1 atom stereocenters. The monoisotopic (exact) mass is 395 g/mol. The Balaban J connectivity index is 1.79. The van der Waals surface area contributed by atoms with E-state index in [1.807, 2.05) is 16.8 Å². The van der Waals surface area contributed by atoms with Crippen molar-refractivity contribution in [3.63, 3.8) is 0 Å². The van der Waals surface area contributed by atoms with Crippen molar-refractivity contribution in [3.05, 3.63) is 76.1 Å². The zero-order chi connectivity index (χ0) is 19.7. The topological polar surface area (TPSA) is 46.8 Å². The van der Waals surface area contributed by atoms with Crippen molar-refractivity contribution >= 4 is 11.6 Å². The Morgan fingerprint density at radius 1 is 1.07 bits per heavy atom. The van der Waals surface area contributed by atoms with Crippen molar-refractivity contribution in [1.29, 1.82) is 0 Å². The van der Waals surface area contributed by atoms with Crippen LogP contribution < -0.4 is 0 Å². The van der Waals surface area contributed by atoms with Gasteiger partial charge in [-0.1, -0.05) is 54.9 Å². The molecule has 3 aromatic rings. The maximum atomic E-state index is 6.16. The smallest absolute Gasteiger partial charge is 0.173 e. The summed E-state index contributed by atoms with van der Waals surface area (Å²) in [7, 11) is 0. The highest BCUT2D eigenvalue weighted by atomic mass is 35.5. The fourth-order valence-corrected chi connectivity index (χ4v) is 3.98. The van der Waals surface area contributed by atoms with Gasteiger partial charge in [0.25, 0.3) is 0 Å². The first-order valence-electron chi connectivity index (χ1n) is 9.84. The fraction of sp³-hybridized carbons (Fsp3) is 0.409. The number of rotatable bonds is 5. The van der Waals surface area contributed by atoms with E-state index in [2.05, 4.69) is 77.6 Å². The highest BCUT2D eigenvalue weighted by molar-refractivity contribution is 6.30. The summed E-state index contributed by atoms with van der Waals surface area (Å²) < 4.78 is 1.99. The molecule has 2 heterocycles. The summed E-state index contributed by atoms with van der Waals surface area (Å²) in [5.41, 5.74) is 3.81. The largest absolute Gasteiger partial charge is 0.285 e. The van der Waals surface area contributed by atoms with Crippen LogP contribution in [0, 0.1) is 0 Å². The van der Waals surface area contributed by atoms with E-state index in [1.54, 1.807) is 0 Å². The van der Waals surface area contributed by atoms with E-state index in [9.17, 15) is 0 Å². The lowest BCUT2D eigenvalue weighted by atomic mass is 9.95. The standard InChI is InChI=1S/C22H26ClN5/c1-4-22(2,3)28-21(24-25-26-28)20(17-9-11-19(23)12-10-17)27-14-13-16-7-5-6-8-18(16)15-27/h5-12,20H,4,13-15H2,1-3H3/t20-/m1/s1. The zero-order valence-corrected chi connectivity index (χ0v) is 17.4. The molecule has 0 aliphatic carbocycles. The third kappa shape index (κ3) is 3.56. The van der Waals surface area contributed by atoms with Crippen LogP contribution >= 0.6 is 11.6 Å². The minimum Gasteiger partial charge on any atom is -0.285 e. The number of tetrazole rings is 1. The van der Waals surface area contributed by atoms with Gasteiger partial charge in [-0.05, 0) is 65.9 Å². The molecule has 0 N–H and O–H groups in total. The fourth-order valence-electron chi connectivity index (χ4n) is 3.85. The predicted octanol–water partition coefficient (Wildman–Crippen LogP) is 4.62. The first kappa shape index (κ1) is 19.1. The number of hydrogen-bond donors (Lipinski definition) is 0. The van der Waals surface area contributed by atoms with Gasteiger partial charge in [-0.15, -0.1) is 5.10 Å². The molecule has 1 aromatic heterocycles. The van der Waals surface area contributed by atoms with E-state index < -0.39 is 0 Å². The van der Waals surface area contributed by atoms with Crippen LogP contribution in [0.15, 0.2) is 48.5 Å². The zero-order valence-electron chi connectivity index (χ0n) is 16.6. The van der Waals surface area contributed by atoms with E-state index in [4.69, 9.17) is 11.6 Å². The molecule has 0 saturated heterocycles. The van der Waals surface area contributed by atoms with Crippen LogP contribution in [0.4, 0.5) is 0 Å². The van der Waals surface area contributed by atoms with Gasteiger partial charge in [-0.25, -0.2) is 4.68 Å². The molecule has 1 aliphatic rings. The molecule has 0 saturated carbocycles. The Hall–Kier alpha value is -2.24. The summed E-state index contributed by atoms with van der Waals surface area (Å²) in [5, 5.41) is 13.6. The number of hydrogen-bond acceptors (Lipinski definition) is 4. The lowest BCUT2D eigenvalue weighted by Crippen LogP contribution is -2.38. The summed E-state index contributed by atoms with van der Waals surface area (Å²) in [6.45, 7) is 8.36. The Kier molecular flexibility index (Phi) is 5.21. The van der Waals surface area contributed by atoms with Crippen molar-refractivity contribution in [1.82, 2.24) is 25.1 Å². The lowest BCUT2D eigenvalue weighted by molar-refractivity contribution is 0.181. The van der Waals surface area contributed by atoms with Gasteiger partial charge in [0.1, 0.15) is 0 Å². The van der Waals surface area contributed by atoms with Gasteiger partial charge in [-0.2, -0.15) is 0 Å². The van der Waals surface area contributed by atoms with Crippen LogP contribution in [0.5, 0.6) is 0 Å². The summed E-state index contributed by atoms with van der Waals surface area (Å²) in [5.74, 6) is 0.883. The Bertz CT molecular complexity index is 948. The molecular formula is C22H26ClN5. The summed E-state index contributed by atoms with van der Waals surface area (Å²) in [6.07, 6.45) is 1.97. The second-order valence-corrected chi connectivity index (χ2v) is 8.49. The Labute approximate surface area is 171 Å². The second kappa shape index (κ2) is 7.64. The molecular weight excluding hydrogens is 370 g/mol. The maximum absolute atomic E-state index is 6.16. The van der Waals surface area contributed by atoms with Crippen LogP contribution in [0.25, 0.3) is 0 Å². The van der Waals surface area contributed by atoms with Gasteiger partial charge < -0.3 is 0 Å². The summed E-state index contributed by atoms with van der Waals surface area (Å²) >= 11 is 6.16. The summed E-state index contributed by atoms with van der Waals surface area (Å²) in [4.78, 5) is 2.47. The molecule has 146 valence electrons. The molecule has 0 bridgehead atoms. The quantitative estimate of drug-likeness (QED) is 0.632. The van der Waals surface area contributed by atoms with Crippen molar-refractivity contribution in [3.8, 4) is 0 Å². The maximum Gasteiger partial charge on any atom is 0.173 e. The summed E-state index contributed by atoms with van der Waals surface area (Å²) in [6, 6.07) is 16.7. The van der Waals surface area contributed by atoms with Crippen LogP contribution in [-0.4, -0.2) is 31.7 Å². The average molecular weight is 396 g/mol. The van der Waals surface area contributed by atoms with Crippen molar-refractivity contribution in [2.45, 2.75) is 51.7 Å². The van der Waals surface area contributed by atoms with E-state index in [-0.39, 0.29) is 11.6 Å².